The van der Waals surface area contributed by atoms with Crippen molar-refractivity contribution in [3.8, 4) is 0 Å². The first-order valence-electron chi connectivity index (χ1n) is 5.49. The van der Waals surface area contributed by atoms with E-state index in [1.54, 1.807) is 18.6 Å². The second-order valence-electron chi connectivity index (χ2n) is 3.77. The quantitative estimate of drug-likeness (QED) is 0.858. The van der Waals surface area contributed by atoms with Crippen LogP contribution in [0.25, 0.3) is 0 Å². The summed E-state index contributed by atoms with van der Waals surface area (Å²) in [6.45, 7) is 3.82. The van der Waals surface area contributed by atoms with Crippen LogP contribution < -0.4 is 0 Å². The van der Waals surface area contributed by atoms with Gasteiger partial charge < -0.3 is 5.11 Å². The molecule has 0 fully saturated rings. The number of aliphatic hydroxyl groups is 1. The fraction of sp³-hybridized carbons (Fsp3) is 0.333. The summed E-state index contributed by atoms with van der Waals surface area (Å²) in [4.78, 5) is 8.05. The van der Waals surface area contributed by atoms with Crippen molar-refractivity contribution in [3.63, 3.8) is 0 Å². The zero-order valence-electron chi connectivity index (χ0n) is 9.83. The number of nitrogens with zero attached hydrogens (tertiary/aromatic N) is 4. The van der Waals surface area contributed by atoms with Gasteiger partial charge in [-0.25, -0.2) is 0 Å². The van der Waals surface area contributed by atoms with E-state index >= 15 is 0 Å². The minimum absolute atomic E-state index is 0.523. The molecule has 0 saturated heterocycles. The van der Waals surface area contributed by atoms with Crippen LogP contribution in [0.2, 0.25) is 0 Å². The average molecular weight is 230 g/mol. The van der Waals surface area contributed by atoms with Gasteiger partial charge in [-0.2, -0.15) is 10.2 Å². The molecule has 17 heavy (non-hydrogen) atoms. The van der Waals surface area contributed by atoms with Crippen LogP contribution in [0.5, 0.6) is 0 Å². The van der Waals surface area contributed by atoms with Crippen LogP contribution in [0.15, 0.2) is 24.7 Å². The molecule has 0 aromatic carbocycles. The molecule has 0 spiro atoms. The van der Waals surface area contributed by atoms with E-state index in [1.165, 1.54) is 0 Å². The molecule has 0 aliphatic rings. The SMILES string of the molecule is CCc1nnc(C)cc1C(O)c1cnccn1. The van der Waals surface area contributed by atoms with E-state index in [9.17, 15) is 5.11 Å². The third-order valence-corrected chi connectivity index (χ3v) is 2.52. The highest BCUT2D eigenvalue weighted by molar-refractivity contribution is 5.28. The third-order valence-electron chi connectivity index (χ3n) is 2.52. The van der Waals surface area contributed by atoms with E-state index in [1.807, 2.05) is 19.9 Å². The highest BCUT2D eigenvalue weighted by Gasteiger charge is 2.17. The predicted molar refractivity (Wildman–Crippen MR) is 62.2 cm³/mol. The molecule has 2 heterocycles. The van der Waals surface area contributed by atoms with E-state index < -0.39 is 6.10 Å². The number of aliphatic hydroxyl groups excluding tert-OH is 1. The standard InChI is InChI=1S/C12H14N4O/c1-3-10-9(6-8(2)15-16-10)12(17)11-7-13-4-5-14-11/h4-7,12,17H,3H2,1-2H3. The molecule has 0 aliphatic heterocycles. The second-order valence-corrected chi connectivity index (χ2v) is 3.77. The minimum Gasteiger partial charge on any atom is -0.382 e. The molecule has 2 aromatic heterocycles. The molecular weight excluding hydrogens is 216 g/mol. The fourth-order valence-corrected chi connectivity index (χ4v) is 1.66. The molecule has 0 aliphatic carbocycles. The Morgan fingerprint density at radius 3 is 2.76 bits per heavy atom. The molecule has 0 radical (unpaired) electrons. The first kappa shape index (κ1) is 11.6. The Morgan fingerprint density at radius 1 is 1.29 bits per heavy atom. The van der Waals surface area contributed by atoms with Gasteiger partial charge in [0.1, 0.15) is 6.10 Å². The van der Waals surface area contributed by atoms with Gasteiger partial charge in [0.25, 0.3) is 0 Å². The van der Waals surface area contributed by atoms with Gasteiger partial charge in [0, 0.05) is 18.0 Å². The summed E-state index contributed by atoms with van der Waals surface area (Å²) in [5.74, 6) is 0. The van der Waals surface area contributed by atoms with Gasteiger partial charge in [-0.15, -0.1) is 0 Å². The summed E-state index contributed by atoms with van der Waals surface area (Å²) >= 11 is 0. The van der Waals surface area contributed by atoms with Crippen molar-refractivity contribution >= 4 is 0 Å². The van der Waals surface area contributed by atoms with Crippen LogP contribution in [0.4, 0.5) is 0 Å². The lowest BCUT2D eigenvalue weighted by Gasteiger charge is -2.13. The summed E-state index contributed by atoms with van der Waals surface area (Å²) in [5, 5.41) is 18.3. The summed E-state index contributed by atoms with van der Waals surface area (Å²) in [7, 11) is 0. The Bertz CT molecular complexity index is 501. The smallest absolute Gasteiger partial charge is 0.124 e. The lowest BCUT2D eigenvalue weighted by atomic mass is 10.0. The van der Waals surface area contributed by atoms with Gasteiger partial charge in [0.2, 0.25) is 0 Å². The topological polar surface area (TPSA) is 71.8 Å². The number of aromatic nitrogens is 4. The van der Waals surface area contributed by atoms with Crippen molar-refractivity contribution in [2.75, 3.05) is 0 Å². The molecule has 0 amide bonds. The predicted octanol–water partition coefficient (Wildman–Crippen LogP) is 1.22. The molecule has 5 heteroatoms. The van der Waals surface area contributed by atoms with Gasteiger partial charge in [-0.1, -0.05) is 6.92 Å². The molecule has 2 aromatic rings. The van der Waals surface area contributed by atoms with Crippen molar-refractivity contribution < 1.29 is 5.11 Å². The summed E-state index contributed by atoms with van der Waals surface area (Å²) in [6.07, 6.45) is 4.62. The molecule has 1 N–H and O–H groups in total. The number of rotatable bonds is 3. The maximum absolute atomic E-state index is 10.3. The zero-order valence-corrected chi connectivity index (χ0v) is 9.83. The second kappa shape index (κ2) is 4.97. The van der Waals surface area contributed by atoms with Crippen molar-refractivity contribution in [3.05, 3.63) is 47.3 Å². The van der Waals surface area contributed by atoms with Crippen molar-refractivity contribution in [1.29, 1.82) is 0 Å². The number of hydrogen-bond donors (Lipinski definition) is 1. The Morgan fingerprint density at radius 2 is 2.12 bits per heavy atom. The average Bonchev–Trinajstić information content (AvgIpc) is 2.39. The maximum Gasteiger partial charge on any atom is 0.124 e. The normalized spacial score (nSPS) is 12.4. The molecule has 2 rings (SSSR count). The Balaban J connectivity index is 2.43. The molecule has 1 unspecified atom stereocenters. The molecule has 0 bridgehead atoms. The summed E-state index contributed by atoms with van der Waals surface area (Å²) in [5.41, 5.74) is 2.84. The molecular formula is C12H14N4O. The van der Waals surface area contributed by atoms with Crippen LogP contribution in [0.1, 0.15) is 35.7 Å². The van der Waals surface area contributed by atoms with Gasteiger partial charge in [-0.3, -0.25) is 9.97 Å². The van der Waals surface area contributed by atoms with Gasteiger partial charge in [-0.05, 0) is 19.4 Å². The zero-order chi connectivity index (χ0) is 12.3. The Hall–Kier alpha value is -1.88. The monoisotopic (exact) mass is 230 g/mol. The highest BCUT2D eigenvalue weighted by Crippen LogP contribution is 2.22. The van der Waals surface area contributed by atoms with Crippen LogP contribution in [-0.4, -0.2) is 25.3 Å². The Labute approximate surface area is 99.6 Å². The first-order chi connectivity index (χ1) is 8.22. The lowest BCUT2D eigenvalue weighted by Crippen LogP contribution is -2.09. The minimum atomic E-state index is -0.798. The summed E-state index contributed by atoms with van der Waals surface area (Å²) in [6, 6.07) is 1.84. The number of aryl methyl sites for hydroxylation is 2. The lowest BCUT2D eigenvalue weighted by molar-refractivity contribution is 0.212. The fourth-order valence-electron chi connectivity index (χ4n) is 1.66. The van der Waals surface area contributed by atoms with Crippen molar-refractivity contribution in [1.82, 2.24) is 20.2 Å². The van der Waals surface area contributed by atoms with Crippen LogP contribution in [-0.2, 0) is 6.42 Å². The van der Waals surface area contributed by atoms with E-state index in [2.05, 4.69) is 20.2 Å². The van der Waals surface area contributed by atoms with Crippen LogP contribution in [0, 0.1) is 6.92 Å². The maximum atomic E-state index is 10.3. The molecule has 5 nitrogen and oxygen atoms in total. The van der Waals surface area contributed by atoms with Crippen LogP contribution in [0.3, 0.4) is 0 Å². The van der Waals surface area contributed by atoms with Gasteiger partial charge >= 0.3 is 0 Å². The van der Waals surface area contributed by atoms with Crippen LogP contribution >= 0.6 is 0 Å². The molecule has 88 valence electrons. The van der Waals surface area contributed by atoms with Gasteiger partial charge in [0.15, 0.2) is 0 Å². The third kappa shape index (κ3) is 2.45. The summed E-state index contributed by atoms with van der Waals surface area (Å²) < 4.78 is 0. The van der Waals surface area contributed by atoms with Gasteiger partial charge in [0.05, 0.1) is 23.3 Å². The molecule has 0 saturated carbocycles. The van der Waals surface area contributed by atoms with E-state index in [0.717, 1.165) is 23.4 Å². The highest BCUT2D eigenvalue weighted by atomic mass is 16.3. The Kier molecular flexibility index (Phi) is 3.39. The number of hydrogen-bond acceptors (Lipinski definition) is 5. The molecule has 1 atom stereocenters. The first-order valence-corrected chi connectivity index (χ1v) is 5.49. The van der Waals surface area contributed by atoms with E-state index in [-0.39, 0.29) is 0 Å². The van der Waals surface area contributed by atoms with Crippen molar-refractivity contribution in [2.24, 2.45) is 0 Å². The van der Waals surface area contributed by atoms with E-state index in [0.29, 0.717) is 5.69 Å². The largest absolute Gasteiger partial charge is 0.382 e. The van der Waals surface area contributed by atoms with Crippen molar-refractivity contribution in [2.45, 2.75) is 26.4 Å². The van der Waals surface area contributed by atoms with E-state index in [4.69, 9.17) is 0 Å².